The number of anilines is 1. The van der Waals surface area contributed by atoms with Crippen LogP contribution in [-0.4, -0.2) is 56.7 Å². The molecule has 0 atom stereocenters. The molecule has 1 fully saturated rings. The number of hydrogen-bond acceptors (Lipinski definition) is 5. The molecule has 0 saturated carbocycles. The highest BCUT2D eigenvalue weighted by Crippen LogP contribution is 2.28. The predicted molar refractivity (Wildman–Crippen MR) is 98.5 cm³/mol. The van der Waals surface area contributed by atoms with Crippen molar-refractivity contribution in [2.45, 2.75) is 0 Å². The fourth-order valence-corrected chi connectivity index (χ4v) is 2.98. The van der Waals surface area contributed by atoms with Gasteiger partial charge in [-0.25, -0.2) is 9.18 Å². The van der Waals surface area contributed by atoms with Crippen LogP contribution in [0.2, 0.25) is 0 Å². The molecule has 6 nitrogen and oxygen atoms in total. The van der Waals surface area contributed by atoms with E-state index in [1.807, 2.05) is 24.3 Å². The first kappa shape index (κ1) is 18.7. The average Bonchev–Trinajstić information content (AvgIpc) is 2.72. The van der Waals surface area contributed by atoms with Crippen molar-refractivity contribution in [2.24, 2.45) is 0 Å². The molecular formula is C20H21FN2O4. The summed E-state index contributed by atoms with van der Waals surface area (Å²) in [6.45, 7) is 2.07. The van der Waals surface area contributed by atoms with E-state index in [4.69, 9.17) is 9.47 Å². The van der Waals surface area contributed by atoms with E-state index in [0.29, 0.717) is 26.2 Å². The van der Waals surface area contributed by atoms with Crippen molar-refractivity contribution in [3.05, 3.63) is 59.9 Å². The summed E-state index contributed by atoms with van der Waals surface area (Å²) in [7, 11) is 1.63. The third-order valence-corrected chi connectivity index (χ3v) is 4.46. The maximum atomic E-state index is 12.9. The van der Waals surface area contributed by atoms with Crippen molar-refractivity contribution in [2.75, 3.05) is 44.8 Å². The molecule has 0 unspecified atom stereocenters. The summed E-state index contributed by atoms with van der Waals surface area (Å²) in [5, 5.41) is 0. The zero-order valence-electron chi connectivity index (χ0n) is 15.1. The number of esters is 1. The molecule has 3 rings (SSSR count). The molecule has 0 N–H and O–H groups in total. The van der Waals surface area contributed by atoms with Crippen LogP contribution in [0.1, 0.15) is 10.4 Å². The van der Waals surface area contributed by atoms with Gasteiger partial charge >= 0.3 is 5.97 Å². The van der Waals surface area contributed by atoms with Crippen molar-refractivity contribution < 1.29 is 23.5 Å². The fourth-order valence-electron chi connectivity index (χ4n) is 2.98. The monoisotopic (exact) mass is 372 g/mol. The van der Waals surface area contributed by atoms with Gasteiger partial charge in [-0.2, -0.15) is 0 Å². The zero-order valence-corrected chi connectivity index (χ0v) is 15.1. The molecule has 7 heteroatoms. The van der Waals surface area contributed by atoms with E-state index in [0.717, 1.165) is 11.4 Å². The van der Waals surface area contributed by atoms with Gasteiger partial charge in [0.25, 0.3) is 5.91 Å². The molecule has 2 aromatic rings. The van der Waals surface area contributed by atoms with Gasteiger partial charge < -0.3 is 19.3 Å². The number of methoxy groups -OCH3 is 1. The molecule has 1 aliphatic heterocycles. The van der Waals surface area contributed by atoms with Crippen LogP contribution in [0, 0.1) is 5.82 Å². The second-order valence-electron chi connectivity index (χ2n) is 6.12. The number of nitrogens with zero attached hydrogens (tertiary/aromatic N) is 2. The molecule has 142 valence electrons. The Balaban J connectivity index is 1.50. The van der Waals surface area contributed by atoms with E-state index in [2.05, 4.69) is 4.90 Å². The van der Waals surface area contributed by atoms with E-state index in [-0.39, 0.29) is 18.1 Å². The highest BCUT2D eigenvalue weighted by atomic mass is 19.1. The van der Waals surface area contributed by atoms with Gasteiger partial charge in [-0.3, -0.25) is 4.79 Å². The zero-order chi connectivity index (χ0) is 19.2. The molecule has 0 radical (unpaired) electrons. The Morgan fingerprint density at radius 1 is 1.00 bits per heavy atom. The van der Waals surface area contributed by atoms with Crippen LogP contribution in [0.5, 0.6) is 5.75 Å². The number of halogens is 1. The number of ether oxygens (including phenoxy) is 2. The van der Waals surface area contributed by atoms with E-state index < -0.39 is 11.8 Å². The summed E-state index contributed by atoms with van der Waals surface area (Å²) in [5.41, 5.74) is 1.21. The Morgan fingerprint density at radius 3 is 2.33 bits per heavy atom. The minimum atomic E-state index is -0.643. The first-order chi connectivity index (χ1) is 13.1. The van der Waals surface area contributed by atoms with Crippen LogP contribution in [0.15, 0.2) is 48.5 Å². The smallest absolute Gasteiger partial charge is 0.338 e. The largest absolute Gasteiger partial charge is 0.495 e. The average molecular weight is 372 g/mol. The second-order valence-corrected chi connectivity index (χ2v) is 6.12. The summed E-state index contributed by atoms with van der Waals surface area (Å²) in [5.74, 6) is -0.526. The molecule has 2 aromatic carbocycles. The highest BCUT2D eigenvalue weighted by molar-refractivity contribution is 5.91. The summed E-state index contributed by atoms with van der Waals surface area (Å²) >= 11 is 0. The predicted octanol–water partition coefficient (Wildman–Crippen LogP) is 2.34. The number of amides is 1. The van der Waals surface area contributed by atoms with Gasteiger partial charge in [-0.15, -0.1) is 0 Å². The number of rotatable bonds is 5. The van der Waals surface area contributed by atoms with Gasteiger partial charge in [0, 0.05) is 26.2 Å². The van der Waals surface area contributed by atoms with E-state index >= 15 is 0 Å². The number of para-hydroxylation sites is 2. The molecule has 0 aliphatic carbocycles. The molecule has 1 aliphatic rings. The standard InChI is InChI=1S/C20H21FN2O4/c1-26-18-5-3-2-4-17(18)22-10-12-23(13-11-22)19(24)14-27-20(25)15-6-8-16(21)9-7-15/h2-9H,10-14H2,1H3. The van der Waals surface area contributed by atoms with E-state index in [1.165, 1.54) is 24.3 Å². The van der Waals surface area contributed by atoms with Gasteiger partial charge in [0.05, 0.1) is 18.4 Å². The van der Waals surface area contributed by atoms with Crippen molar-refractivity contribution >= 4 is 17.6 Å². The van der Waals surface area contributed by atoms with Gasteiger partial charge in [-0.1, -0.05) is 12.1 Å². The number of benzene rings is 2. The summed E-state index contributed by atoms with van der Waals surface area (Å²) in [4.78, 5) is 28.0. The Hall–Kier alpha value is -3.09. The molecule has 0 bridgehead atoms. The van der Waals surface area contributed by atoms with Crippen molar-refractivity contribution in [1.82, 2.24) is 4.90 Å². The molecular weight excluding hydrogens is 351 g/mol. The Bertz CT molecular complexity index is 802. The Kier molecular flexibility index (Phi) is 5.90. The van der Waals surface area contributed by atoms with Crippen LogP contribution in [0.25, 0.3) is 0 Å². The van der Waals surface area contributed by atoms with Crippen LogP contribution >= 0.6 is 0 Å². The topological polar surface area (TPSA) is 59.1 Å². The molecule has 1 saturated heterocycles. The normalized spacial score (nSPS) is 14.0. The number of carbonyl (C=O) groups is 2. The van der Waals surface area contributed by atoms with Gasteiger partial charge in [-0.05, 0) is 36.4 Å². The number of carbonyl (C=O) groups excluding carboxylic acids is 2. The minimum Gasteiger partial charge on any atom is -0.495 e. The summed E-state index contributed by atoms with van der Waals surface area (Å²) in [6, 6.07) is 12.8. The lowest BCUT2D eigenvalue weighted by Crippen LogP contribution is -2.50. The third-order valence-electron chi connectivity index (χ3n) is 4.46. The SMILES string of the molecule is COc1ccccc1N1CCN(C(=O)COC(=O)c2ccc(F)cc2)CC1. The number of piperazine rings is 1. The summed E-state index contributed by atoms with van der Waals surface area (Å²) < 4.78 is 23.3. The van der Waals surface area contributed by atoms with Crippen molar-refractivity contribution in [1.29, 1.82) is 0 Å². The van der Waals surface area contributed by atoms with Crippen LogP contribution < -0.4 is 9.64 Å². The second kappa shape index (κ2) is 8.53. The lowest BCUT2D eigenvalue weighted by atomic mass is 10.2. The minimum absolute atomic E-state index is 0.213. The van der Waals surface area contributed by atoms with E-state index in [9.17, 15) is 14.0 Å². The third kappa shape index (κ3) is 4.55. The molecule has 1 heterocycles. The van der Waals surface area contributed by atoms with Crippen molar-refractivity contribution in [3.63, 3.8) is 0 Å². The number of hydrogen-bond donors (Lipinski definition) is 0. The van der Waals surface area contributed by atoms with Gasteiger partial charge in [0.15, 0.2) is 6.61 Å². The quantitative estimate of drug-likeness (QED) is 0.754. The Labute approximate surface area is 157 Å². The van der Waals surface area contributed by atoms with Crippen LogP contribution in [-0.2, 0) is 9.53 Å². The lowest BCUT2D eigenvalue weighted by molar-refractivity contribution is -0.134. The molecule has 0 spiro atoms. The lowest BCUT2D eigenvalue weighted by Gasteiger charge is -2.36. The summed E-state index contributed by atoms with van der Waals surface area (Å²) in [6.07, 6.45) is 0. The maximum Gasteiger partial charge on any atom is 0.338 e. The van der Waals surface area contributed by atoms with Gasteiger partial charge in [0.1, 0.15) is 11.6 Å². The first-order valence-corrected chi connectivity index (χ1v) is 8.67. The molecule has 1 amide bonds. The fraction of sp³-hybridized carbons (Fsp3) is 0.300. The maximum absolute atomic E-state index is 12.9. The van der Waals surface area contributed by atoms with Crippen LogP contribution in [0.3, 0.4) is 0 Å². The van der Waals surface area contributed by atoms with Gasteiger partial charge in [0.2, 0.25) is 0 Å². The highest BCUT2D eigenvalue weighted by Gasteiger charge is 2.23. The van der Waals surface area contributed by atoms with E-state index in [1.54, 1.807) is 12.0 Å². The first-order valence-electron chi connectivity index (χ1n) is 8.67. The van der Waals surface area contributed by atoms with Crippen LogP contribution in [0.4, 0.5) is 10.1 Å². The molecule has 0 aromatic heterocycles. The van der Waals surface area contributed by atoms with Crippen molar-refractivity contribution in [3.8, 4) is 5.75 Å². The Morgan fingerprint density at radius 2 is 1.67 bits per heavy atom. The molecule has 27 heavy (non-hydrogen) atoms.